The van der Waals surface area contributed by atoms with E-state index in [4.69, 9.17) is 34.8 Å². The predicted molar refractivity (Wildman–Crippen MR) is 83.0 cm³/mol. The fourth-order valence-corrected chi connectivity index (χ4v) is 2.87. The molecule has 0 atom stereocenters. The Morgan fingerprint density at radius 3 is 1.89 bits per heavy atom. The van der Waals surface area contributed by atoms with Crippen LogP contribution in [-0.4, -0.2) is 0 Å². The number of halogens is 3. The summed E-state index contributed by atoms with van der Waals surface area (Å²) in [6.45, 7) is 2.23. The van der Waals surface area contributed by atoms with E-state index in [1.54, 1.807) is 0 Å². The SMILES string of the molecule is CCCCCCc1c(CCl)cc(CCl)cc1CCl. The Morgan fingerprint density at radius 2 is 1.44 bits per heavy atom. The van der Waals surface area contributed by atoms with Gasteiger partial charge in [-0.15, -0.1) is 34.8 Å². The average molecular weight is 308 g/mol. The normalized spacial score (nSPS) is 10.9. The number of benzene rings is 1. The second-order valence-corrected chi connectivity index (χ2v) is 5.41. The van der Waals surface area contributed by atoms with Crippen LogP contribution in [0.1, 0.15) is 54.9 Å². The lowest BCUT2D eigenvalue weighted by Gasteiger charge is -2.14. The van der Waals surface area contributed by atoms with Gasteiger partial charge in [0, 0.05) is 17.6 Å². The minimum Gasteiger partial charge on any atom is -0.122 e. The standard InChI is InChI=1S/C15H21Cl3/c1-2-3-4-5-6-15-13(10-17)7-12(9-16)8-14(15)11-18/h7-8H,2-6,9-11H2,1H3. The van der Waals surface area contributed by atoms with Gasteiger partial charge in [-0.3, -0.25) is 0 Å². The Balaban J connectivity index is 2.85. The molecule has 3 heteroatoms. The lowest BCUT2D eigenvalue weighted by molar-refractivity contribution is 0.664. The molecular formula is C15H21Cl3. The fraction of sp³-hybridized carbons (Fsp3) is 0.600. The first-order chi connectivity index (χ1) is 8.76. The van der Waals surface area contributed by atoms with Crippen molar-refractivity contribution >= 4 is 34.8 Å². The quantitative estimate of drug-likeness (QED) is 0.406. The van der Waals surface area contributed by atoms with Crippen molar-refractivity contribution in [2.75, 3.05) is 0 Å². The molecule has 1 aromatic rings. The Labute approximate surface area is 126 Å². The zero-order valence-electron chi connectivity index (χ0n) is 10.9. The lowest BCUT2D eigenvalue weighted by atomic mass is 9.95. The minimum absolute atomic E-state index is 0.518. The molecular weight excluding hydrogens is 287 g/mol. The van der Waals surface area contributed by atoms with Gasteiger partial charge < -0.3 is 0 Å². The van der Waals surface area contributed by atoms with Gasteiger partial charge in [-0.25, -0.2) is 0 Å². The molecule has 0 radical (unpaired) electrons. The largest absolute Gasteiger partial charge is 0.122 e. The highest BCUT2D eigenvalue weighted by Gasteiger charge is 2.09. The molecule has 0 saturated carbocycles. The molecule has 0 aromatic heterocycles. The van der Waals surface area contributed by atoms with E-state index in [2.05, 4.69) is 19.1 Å². The third-order valence-corrected chi connectivity index (χ3v) is 4.10. The highest BCUT2D eigenvalue weighted by atomic mass is 35.5. The summed E-state index contributed by atoms with van der Waals surface area (Å²) in [6.07, 6.45) is 6.12. The van der Waals surface area contributed by atoms with Crippen molar-refractivity contribution in [3.63, 3.8) is 0 Å². The molecule has 0 aliphatic carbocycles. The van der Waals surface area contributed by atoms with Crippen LogP contribution in [0.5, 0.6) is 0 Å². The van der Waals surface area contributed by atoms with E-state index in [-0.39, 0.29) is 0 Å². The molecule has 18 heavy (non-hydrogen) atoms. The van der Waals surface area contributed by atoms with E-state index < -0.39 is 0 Å². The van der Waals surface area contributed by atoms with Crippen LogP contribution in [0.25, 0.3) is 0 Å². The molecule has 0 unspecified atom stereocenters. The van der Waals surface area contributed by atoms with Crippen molar-refractivity contribution in [2.45, 2.75) is 56.7 Å². The lowest BCUT2D eigenvalue weighted by Crippen LogP contribution is -2.00. The minimum atomic E-state index is 0.518. The van der Waals surface area contributed by atoms with Gasteiger partial charge in [-0.05, 0) is 35.1 Å². The first kappa shape index (κ1) is 16.1. The number of hydrogen-bond donors (Lipinski definition) is 0. The second-order valence-electron chi connectivity index (χ2n) is 4.60. The van der Waals surface area contributed by atoms with Gasteiger partial charge >= 0.3 is 0 Å². The van der Waals surface area contributed by atoms with Crippen molar-refractivity contribution in [3.05, 3.63) is 34.4 Å². The van der Waals surface area contributed by atoms with Gasteiger partial charge in [-0.1, -0.05) is 38.3 Å². The topological polar surface area (TPSA) is 0 Å². The van der Waals surface area contributed by atoms with Crippen LogP contribution in [-0.2, 0) is 24.1 Å². The monoisotopic (exact) mass is 306 g/mol. The van der Waals surface area contributed by atoms with E-state index in [1.807, 2.05) is 0 Å². The van der Waals surface area contributed by atoms with Gasteiger partial charge in [-0.2, -0.15) is 0 Å². The van der Waals surface area contributed by atoms with Crippen LogP contribution in [0, 0.1) is 0 Å². The molecule has 0 nitrogen and oxygen atoms in total. The molecule has 0 spiro atoms. The maximum atomic E-state index is 6.04. The Bertz CT molecular complexity index is 336. The number of unbranched alkanes of at least 4 members (excludes halogenated alkanes) is 3. The van der Waals surface area contributed by atoms with E-state index >= 15 is 0 Å². The van der Waals surface area contributed by atoms with E-state index in [1.165, 1.54) is 42.4 Å². The molecule has 0 amide bonds. The van der Waals surface area contributed by atoms with Crippen LogP contribution in [0.15, 0.2) is 12.1 Å². The van der Waals surface area contributed by atoms with Gasteiger partial charge in [0.2, 0.25) is 0 Å². The third kappa shape index (κ3) is 4.64. The smallest absolute Gasteiger partial charge is 0.0477 e. The average Bonchev–Trinajstić information content (AvgIpc) is 2.42. The molecule has 0 fully saturated rings. The molecule has 0 saturated heterocycles. The van der Waals surface area contributed by atoms with Gasteiger partial charge in [0.15, 0.2) is 0 Å². The third-order valence-electron chi connectivity index (χ3n) is 3.22. The van der Waals surface area contributed by atoms with Crippen molar-refractivity contribution in [1.82, 2.24) is 0 Å². The highest BCUT2D eigenvalue weighted by Crippen LogP contribution is 2.24. The van der Waals surface area contributed by atoms with Crippen LogP contribution in [0.4, 0.5) is 0 Å². The summed E-state index contributed by atoms with van der Waals surface area (Å²) < 4.78 is 0. The predicted octanol–water partition coefficient (Wildman–Crippen LogP) is 6.03. The molecule has 0 bridgehead atoms. The molecule has 0 heterocycles. The molecule has 0 aliphatic heterocycles. The van der Waals surface area contributed by atoms with Crippen molar-refractivity contribution in [1.29, 1.82) is 0 Å². The summed E-state index contributed by atoms with van der Waals surface area (Å²) in [5, 5.41) is 0. The van der Waals surface area contributed by atoms with Crippen LogP contribution in [0.3, 0.4) is 0 Å². The number of hydrogen-bond acceptors (Lipinski definition) is 0. The van der Waals surface area contributed by atoms with E-state index in [0.717, 1.165) is 12.0 Å². The second kappa shape index (κ2) is 9.07. The molecule has 1 rings (SSSR count). The van der Waals surface area contributed by atoms with E-state index in [9.17, 15) is 0 Å². The van der Waals surface area contributed by atoms with E-state index in [0.29, 0.717) is 17.6 Å². The molecule has 0 aliphatic rings. The summed E-state index contributed by atoms with van der Waals surface area (Å²) in [5.74, 6) is 1.60. The molecule has 1 aromatic carbocycles. The van der Waals surface area contributed by atoms with Gasteiger partial charge in [0.1, 0.15) is 0 Å². The summed E-state index contributed by atoms with van der Waals surface area (Å²) in [4.78, 5) is 0. The Kier molecular flexibility index (Phi) is 8.13. The van der Waals surface area contributed by atoms with Crippen molar-refractivity contribution < 1.29 is 0 Å². The summed E-state index contributed by atoms with van der Waals surface area (Å²) in [7, 11) is 0. The first-order valence-electron chi connectivity index (χ1n) is 6.58. The number of alkyl halides is 3. The zero-order chi connectivity index (χ0) is 13.4. The Morgan fingerprint density at radius 1 is 0.833 bits per heavy atom. The molecule has 102 valence electrons. The maximum absolute atomic E-state index is 6.04. The van der Waals surface area contributed by atoms with Crippen molar-refractivity contribution in [2.24, 2.45) is 0 Å². The van der Waals surface area contributed by atoms with Gasteiger partial charge in [0.05, 0.1) is 0 Å². The first-order valence-corrected chi connectivity index (χ1v) is 8.18. The van der Waals surface area contributed by atoms with Crippen molar-refractivity contribution in [3.8, 4) is 0 Å². The summed E-state index contributed by atoms with van der Waals surface area (Å²) >= 11 is 18.0. The summed E-state index contributed by atoms with van der Waals surface area (Å²) in [6, 6.07) is 4.23. The zero-order valence-corrected chi connectivity index (χ0v) is 13.2. The fourth-order valence-electron chi connectivity index (χ4n) is 2.23. The van der Waals surface area contributed by atoms with Crippen LogP contribution in [0.2, 0.25) is 0 Å². The van der Waals surface area contributed by atoms with Crippen LogP contribution >= 0.6 is 34.8 Å². The summed E-state index contributed by atoms with van der Waals surface area (Å²) in [5.41, 5.74) is 4.84. The maximum Gasteiger partial charge on any atom is 0.0477 e. The Hall–Kier alpha value is 0.0900. The number of rotatable bonds is 8. The highest BCUT2D eigenvalue weighted by molar-refractivity contribution is 6.18. The van der Waals surface area contributed by atoms with Gasteiger partial charge in [0.25, 0.3) is 0 Å². The molecule has 0 N–H and O–H groups in total. The van der Waals surface area contributed by atoms with Crippen LogP contribution < -0.4 is 0 Å².